The van der Waals surface area contributed by atoms with Gasteiger partial charge in [0.25, 0.3) is 0 Å². The number of ether oxygens (including phenoxy) is 1. The first kappa shape index (κ1) is 33.2. The van der Waals surface area contributed by atoms with Crippen molar-refractivity contribution in [3.05, 3.63) is 211 Å². The van der Waals surface area contributed by atoms with Crippen molar-refractivity contribution in [2.45, 2.75) is 19.3 Å². The first-order chi connectivity index (χ1) is 28.0. The fourth-order valence-electron chi connectivity index (χ4n) is 9.34. The van der Waals surface area contributed by atoms with E-state index in [-0.39, 0.29) is 5.41 Å². The summed E-state index contributed by atoms with van der Waals surface area (Å²) >= 11 is 0. The van der Waals surface area contributed by atoms with Gasteiger partial charge in [-0.25, -0.2) is 0 Å². The van der Waals surface area contributed by atoms with Gasteiger partial charge in [-0.1, -0.05) is 178 Å². The van der Waals surface area contributed by atoms with Crippen molar-refractivity contribution in [3.8, 4) is 67.1 Å². The molecule has 1 heterocycles. The Kier molecular flexibility index (Phi) is 7.55. The van der Waals surface area contributed by atoms with Crippen LogP contribution in [0.25, 0.3) is 66.4 Å². The van der Waals surface area contributed by atoms with E-state index >= 15 is 0 Å². The monoisotopic (exact) mass is 729 g/mol. The lowest BCUT2D eigenvalue weighted by molar-refractivity contribution is 0.489. The summed E-state index contributed by atoms with van der Waals surface area (Å²) < 4.78 is 7.25. The molecular weight excluding hydrogens is 691 g/mol. The van der Waals surface area contributed by atoms with Crippen LogP contribution in [-0.2, 0) is 5.41 Å². The zero-order chi connectivity index (χ0) is 38.1. The summed E-state index contributed by atoms with van der Waals surface area (Å²) in [6.45, 7) is 4.69. The van der Waals surface area contributed by atoms with Crippen LogP contribution in [0.2, 0.25) is 0 Å². The molecule has 1 aliphatic heterocycles. The topological polar surface area (TPSA) is 12.5 Å². The second-order valence-corrected chi connectivity index (χ2v) is 15.7. The fraction of sp³-hybridized carbons (Fsp3) is 0.0545. The lowest BCUT2D eigenvalue weighted by Gasteiger charge is -2.30. The van der Waals surface area contributed by atoms with Crippen molar-refractivity contribution < 1.29 is 4.74 Å². The summed E-state index contributed by atoms with van der Waals surface area (Å²) in [5.74, 6) is 1.66. The van der Waals surface area contributed by atoms with E-state index in [1.807, 2.05) is 0 Å². The van der Waals surface area contributed by atoms with Gasteiger partial charge in [0.1, 0.15) is 5.75 Å². The summed E-state index contributed by atoms with van der Waals surface area (Å²) in [7, 11) is 0. The summed E-state index contributed by atoms with van der Waals surface area (Å²) in [6, 6.07) is 72.5. The number of benzene rings is 9. The van der Waals surface area contributed by atoms with Crippen LogP contribution in [0.3, 0.4) is 0 Å². The molecule has 1 aliphatic carbocycles. The van der Waals surface area contributed by atoms with E-state index in [9.17, 15) is 0 Å². The van der Waals surface area contributed by atoms with Crippen molar-refractivity contribution >= 4 is 27.8 Å². The van der Waals surface area contributed by atoms with Crippen LogP contribution >= 0.6 is 0 Å². The number of anilines is 3. The predicted octanol–water partition coefficient (Wildman–Crippen LogP) is 15.4. The summed E-state index contributed by atoms with van der Waals surface area (Å²) in [5, 5.41) is 2.46. The zero-order valence-electron chi connectivity index (χ0n) is 31.9. The van der Waals surface area contributed by atoms with Crippen LogP contribution < -0.4 is 9.64 Å². The van der Waals surface area contributed by atoms with Crippen LogP contribution in [0.4, 0.5) is 17.1 Å². The Bertz CT molecular complexity index is 3010. The van der Waals surface area contributed by atoms with E-state index in [1.165, 1.54) is 60.8 Å². The third-order valence-corrected chi connectivity index (χ3v) is 12.1. The molecule has 0 bridgehead atoms. The molecule has 0 radical (unpaired) electrons. The number of hydrogen-bond donors (Lipinski definition) is 0. The third-order valence-electron chi connectivity index (χ3n) is 12.1. The molecule has 0 spiro atoms. The second-order valence-electron chi connectivity index (χ2n) is 15.7. The molecule has 0 fully saturated rings. The van der Waals surface area contributed by atoms with E-state index in [0.29, 0.717) is 0 Å². The van der Waals surface area contributed by atoms with Gasteiger partial charge in [0.15, 0.2) is 5.75 Å². The predicted molar refractivity (Wildman–Crippen MR) is 238 cm³/mol. The molecule has 11 rings (SSSR count). The molecule has 9 aromatic rings. The lowest BCUT2D eigenvalue weighted by Crippen LogP contribution is -2.17. The number of fused-ring (bicyclic) bond motifs is 9. The average Bonchev–Trinajstić information content (AvgIpc) is 3.39. The molecule has 0 unspecified atom stereocenters. The molecule has 0 amide bonds. The minimum absolute atomic E-state index is 0.148. The highest BCUT2D eigenvalue weighted by molar-refractivity contribution is 6.06. The molecule has 0 atom stereocenters. The van der Waals surface area contributed by atoms with Gasteiger partial charge in [0, 0.05) is 33.5 Å². The maximum Gasteiger partial charge on any atom is 0.159 e. The first-order valence-corrected chi connectivity index (χ1v) is 19.8. The van der Waals surface area contributed by atoms with Gasteiger partial charge in [-0.2, -0.15) is 0 Å². The van der Waals surface area contributed by atoms with Gasteiger partial charge in [0.05, 0.1) is 5.69 Å². The Labute approximate surface area is 333 Å². The largest absolute Gasteiger partial charge is 0.454 e. The van der Waals surface area contributed by atoms with Crippen LogP contribution in [0.15, 0.2) is 200 Å². The molecule has 0 N–H and O–H groups in total. The van der Waals surface area contributed by atoms with E-state index < -0.39 is 0 Å². The Morgan fingerprint density at radius 3 is 1.84 bits per heavy atom. The second kappa shape index (κ2) is 13.0. The first-order valence-electron chi connectivity index (χ1n) is 19.8. The SMILES string of the molecule is CC1(C)c2ccccc2-c2ccc(N(c3ccc(-c4ccccc4)cc3)c3cccc4c3Oc3ccccc3-c3c-4cccc3-c3cccc4ccccc34)cc21. The number of nitrogens with zero attached hydrogens (tertiary/aromatic N) is 1. The summed E-state index contributed by atoms with van der Waals surface area (Å²) in [4.78, 5) is 2.38. The lowest BCUT2D eigenvalue weighted by atomic mass is 9.82. The van der Waals surface area contributed by atoms with Crippen molar-refractivity contribution in [2.24, 2.45) is 0 Å². The van der Waals surface area contributed by atoms with Crippen molar-refractivity contribution in [3.63, 3.8) is 0 Å². The Morgan fingerprint density at radius 2 is 0.982 bits per heavy atom. The van der Waals surface area contributed by atoms with Gasteiger partial charge >= 0.3 is 0 Å². The maximum atomic E-state index is 7.25. The van der Waals surface area contributed by atoms with Crippen molar-refractivity contribution in [2.75, 3.05) is 4.90 Å². The van der Waals surface area contributed by atoms with Crippen LogP contribution in [0, 0.1) is 0 Å². The smallest absolute Gasteiger partial charge is 0.159 e. The average molecular weight is 730 g/mol. The minimum atomic E-state index is -0.148. The van der Waals surface area contributed by atoms with Crippen molar-refractivity contribution in [1.82, 2.24) is 0 Å². The highest BCUT2D eigenvalue weighted by atomic mass is 16.5. The molecule has 2 nitrogen and oxygen atoms in total. The maximum absolute atomic E-state index is 7.25. The quantitative estimate of drug-likeness (QED) is 0.175. The molecule has 0 aromatic heterocycles. The van der Waals surface area contributed by atoms with Gasteiger partial charge in [-0.05, 0) is 97.2 Å². The van der Waals surface area contributed by atoms with Crippen LogP contribution in [-0.4, -0.2) is 0 Å². The summed E-state index contributed by atoms with van der Waals surface area (Å²) in [6.07, 6.45) is 0. The molecule has 270 valence electrons. The molecule has 2 aliphatic rings. The fourth-order valence-corrected chi connectivity index (χ4v) is 9.34. The normalized spacial score (nSPS) is 13.0. The molecule has 0 saturated heterocycles. The highest BCUT2D eigenvalue weighted by Crippen LogP contribution is 2.56. The van der Waals surface area contributed by atoms with E-state index in [4.69, 9.17) is 4.74 Å². The zero-order valence-corrected chi connectivity index (χ0v) is 31.9. The van der Waals surface area contributed by atoms with Crippen LogP contribution in [0.1, 0.15) is 25.0 Å². The minimum Gasteiger partial charge on any atom is -0.454 e. The van der Waals surface area contributed by atoms with Crippen LogP contribution in [0.5, 0.6) is 11.5 Å². The molecule has 57 heavy (non-hydrogen) atoms. The summed E-state index contributed by atoms with van der Waals surface area (Å²) in [5.41, 5.74) is 17.5. The van der Waals surface area contributed by atoms with E-state index in [0.717, 1.165) is 45.3 Å². The number of rotatable bonds is 5. The molecular formula is C55H39NO. The van der Waals surface area contributed by atoms with Crippen molar-refractivity contribution in [1.29, 1.82) is 0 Å². The Balaban J connectivity index is 1.15. The van der Waals surface area contributed by atoms with Gasteiger partial charge < -0.3 is 9.64 Å². The Morgan fingerprint density at radius 1 is 0.404 bits per heavy atom. The highest BCUT2D eigenvalue weighted by Gasteiger charge is 2.36. The molecule has 9 aromatic carbocycles. The third kappa shape index (κ3) is 5.25. The van der Waals surface area contributed by atoms with Gasteiger partial charge in [0.2, 0.25) is 0 Å². The van der Waals surface area contributed by atoms with E-state index in [1.54, 1.807) is 0 Å². The number of para-hydroxylation sites is 2. The molecule has 0 saturated carbocycles. The standard InChI is InChI=1S/C55H39NO/c1-55(2)49-26-10-8-20-43(49)44-34-33-40(35-50(44)55)56(39-31-29-37(30-32-39)36-15-4-3-5-16-36)51-27-14-25-47-46-24-13-23-45(42-22-12-18-38-17-6-7-19-41(38)42)53(46)48-21-9-11-28-52(48)57-54(47)51/h3-35H,1-2H3. The molecule has 2 heteroatoms. The van der Waals surface area contributed by atoms with Gasteiger partial charge in [-0.15, -0.1) is 0 Å². The number of hydrogen-bond acceptors (Lipinski definition) is 2. The Hall–Kier alpha value is -7.16. The van der Waals surface area contributed by atoms with Gasteiger partial charge in [-0.3, -0.25) is 0 Å². The van der Waals surface area contributed by atoms with E-state index in [2.05, 4.69) is 219 Å².